The highest BCUT2D eigenvalue weighted by Crippen LogP contribution is 2.22. The first-order valence-corrected chi connectivity index (χ1v) is 3.93. The minimum Gasteiger partial charge on any atom is -0.287 e. The number of hydrogen-bond acceptors (Lipinski definition) is 2. The molecule has 1 aliphatic heterocycles. The second kappa shape index (κ2) is 2.93. The van der Waals surface area contributed by atoms with Gasteiger partial charge in [-0.05, 0) is 6.42 Å². The maximum Gasteiger partial charge on any atom is 0.190 e. The topological polar surface area (TPSA) is 17.1 Å². The summed E-state index contributed by atoms with van der Waals surface area (Å²) in [5, 5.41) is 0.254. The van der Waals surface area contributed by atoms with Crippen molar-refractivity contribution in [2.24, 2.45) is 5.92 Å². The first-order chi connectivity index (χ1) is 4.33. The Labute approximate surface area is 59.2 Å². The Kier molecular flexibility index (Phi) is 2.18. The normalized spacial score (nSPS) is 27.4. The Morgan fingerprint density at radius 3 is 3.00 bits per heavy atom. The summed E-state index contributed by atoms with van der Waals surface area (Å²) >= 11 is 1.40. The van der Waals surface area contributed by atoms with Crippen LogP contribution in [0.4, 0.5) is 0 Å². The molecule has 0 aliphatic carbocycles. The molecule has 0 saturated carbocycles. The van der Waals surface area contributed by atoms with Crippen LogP contribution in [0.5, 0.6) is 0 Å². The quantitative estimate of drug-likeness (QED) is 0.472. The van der Waals surface area contributed by atoms with E-state index in [0.717, 1.165) is 12.2 Å². The lowest BCUT2D eigenvalue weighted by Crippen LogP contribution is -2.11. The van der Waals surface area contributed by atoms with E-state index in [1.807, 2.05) is 0 Å². The summed E-state index contributed by atoms with van der Waals surface area (Å²) in [5.41, 5.74) is 0. The molecule has 1 saturated heterocycles. The maximum absolute atomic E-state index is 10.7. The average molecular weight is 140 g/mol. The van der Waals surface area contributed by atoms with Crippen molar-refractivity contribution in [3.05, 3.63) is 0 Å². The zero-order chi connectivity index (χ0) is 6.69. The number of hydrogen-bond donors (Lipinski definition) is 0. The number of rotatable bonds is 0. The Hall–Kier alpha value is -0.420. The van der Waals surface area contributed by atoms with E-state index in [1.165, 1.54) is 11.8 Å². The molecule has 0 N–H and O–H groups in total. The van der Waals surface area contributed by atoms with E-state index in [-0.39, 0.29) is 11.0 Å². The Morgan fingerprint density at radius 2 is 2.56 bits per heavy atom. The molecule has 48 valence electrons. The molecule has 2 heteroatoms. The van der Waals surface area contributed by atoms with Gasteiger partial charge in [-0.2, -0.15) is 0 Å². The van der Waals surface area contributed by atoms with Gasteiger partial charge in [-0.3, -0.25) is 4.79 Å². The SMILES string of the molecule is C#CC1CCSC(=O)C1. The third kappa shape index (κ3) is 1.76. The fourth-order valence-electron chi connectivity index (χ4n) is 0.819. The van der Waals surface area contributed by atoms with Crippen molar-refractivity contribution in [3.63, 3.8) is 0 Å². The lowest BCUT2D eigenvalue weighted by molar-refractivity contribution is -0.111. The van der Waals surface area contributed by atoms with Gasteiger partial charge in [0, 0.05) is 18.1 Å². The molecule has 0 amide bonds. The number of carbonyl (C=O) groups is 1. The number of terminal acetylenes is 1. The predicted octanol–water partition coefficient (Wildman–Crippen LogP) is 1.29. The van der Waals surface area contributed by atoms with Crippen LogP contribution in [0.2, 0.25) is 0 Å². The van der Waals surface area contributed by atoms with Crippen molar-refractivity contribution in [1.82, 2.24) is 0 Å². The molecular formula is C7H8OS. The smallest absolute Gasteiger partial charge is 0.190 e. The summed E-state index contributed by atoms with van der Waals surface area (Å²) < 4.78 is 0. The number of carbonyl (C=O) groups excluding carboxylic acids is 1. The lowest BCUT2D eigenvalue weighted by atomic mass is 10.0. The van der Waals surface area contributed by atoms with Crippen molar-refractivity contribution in [2.75, 3.05) is 5.75 Å². The molecule has 1 rings (SSSR count). The summed E-state index contributed by atoms with van der Waals surface area (Å²) in [6, 6.07) is 0. The molecule has 0 bridgehead atoms. The molecule has 1 fully saturated rings. The van der Waals surface area contributed by atoms with Gasteiger partial charge in [-0.1, -0.05) is 11.8 Å². The van der Waals surface area contributed by atoms with Gasteiger partial charge in [0.15, 0.2) is 5.12 Å². The van der Waals surface area contributed by atoms with E-state index in [4.69, 9.17) is 6.42 Å². The van der Waals surface area contributed by atoms with Crippen LogP contribution in [0.25, 0.3) is 0 Å². The van der Waals surface area contributed by atoms with Crippen molar-refractivity contribution in [3.8, 4) is 12.3 Å². The van der Waals surface area contributed by atoms with Crippen LogP contribution < -0.4 is 0 Å². The zero-order valence-corrected chi connectivity index (χ0v) is 5.91. The molecule has 1 aliphatic rings. The third-order valence-corrected chi connectivity index (χ3v) is 2.31. The molecule has 0 spiro atoms. The fraction of sp³-hybridized carbons (Fsp3) is 0.571. The standard InChI is InChI=1S/C7H8OS/c1-2-6-3-4-9-7(8)5-6/h1,6H,3-5H2. The van der Waals surface area contributed by atoms with E-state index in [2.05, 4.69) is 5.92 Å². The largest absolute Gasteiger partial charge is 0.287 e. The van der Waals surface area contributed by atoms with Gasteiger partial charge in [0.25, 0.3) is 0 Å². The van der Waals surface area contributed by atoms with Crippen LogP contribution in [0.15, 0.2) is 0 Å². The van der Waals surface area contributed by atoms with Crippen LogP contribution >= 0.6 is 11.8 Å². The first-order valence-electron chi connectivity index (χ1n) is 2.94. The molecule has 1 unspecified atom stereocenters. The fourth-order valence-corrected chi connectivity index (χ4v) is 1.77. The summed E-state index contributed by atoms with van der Waals surface area (Å²) in [7, 11) is 0. The van der Waals surface area contributed by atoms with Gasteiger partial charge in [0.2, 0.25) is 0 Å². The highest BCUT2D eigenvalue weighted by Gasteiger charge is 2.17. The summed E-state index contributed by atoms with van der Waals surface area (Å²) in [6.45, 7) is 0. The summed E-state index contributed by atoms with van der Waals surface area (Å²) in [5.74, 6) is 3.73. The molecule has 0 aromatic rings. The Morgan fingerprint density at radius 1 is 1.78 bits per heavy atom. The molecule has 0 radical (unpaired) electrons. The molecule has 0 aromatic heterocycles. The summed E-state index contributed by atoms with van der Waals surface area (Å²) in [6.07, 6.45) is 6.75. The number of thioether (sulfide) groups is 1. The van der Waals surface area contributed by atoms with Gasteiger partial charge in [0.1, 0.15) is 0 Å². The van der Waals surface area contributed by atoms with E-state index >= 15 is 0 Å². The minimum absolute atomic E-state index is 0.221. The van der Waals surface area contributed by atoms with Crippen LogP contribution in [0.3, 0.4) is 0 Å². The van der Waals surface area contributed by atoms with Gasteiger partial charge in [-0.25, -0.2) is 0 Å². The van der Waals surface area contributed by atoms with Gasteiger partial charge < -0.3 is 0 Å². The molecule has 1 nitrogen and oxygen atoms in total. The average Bonchev–Trinajstić information content (AvgIpc) is 1.88. The van der Waals surface area contributed by atoms with E-state index in [1.54, 1.807) is 0 Å². The van der Waals surface area contributed by atoms with Crippen molar-refractivity contribution in [1.29, 1.82) is 0 Å². The lowest BCUT2D eigenvalue weighted by Gasteiger charge is -2.13. The van der Waals surface area contributed by atoms with Crippen molar-refractivity contribution < 1.29 is 4.79 Å². The van der Waals surface area contributed by atoms with Gasteiger partial charge >= 0.3 is 0 Å². The highest BCUT2D eigenvalue weighted by molar-refractivity contribution is 8.13. The Balaban J connectivity index is 2.43. The zero-order valence-electron chi connectivity index (χ0n) is 5.09. The third-order valence-electron chi connectivity index (χ3n) is 1.38. The molecule has 9 heavy (non-hydrogen) atoms. The van der Waals surface area contributed by atoms with E-state index in [9.17, 15) is 4.79 Å². The monoisotopic (exact) mass is 140 g/mol. The first kappa shape index (κ1) is 6.70. The van der Waals surface area contributed by atoms with Crippen molar-refractivity contribution >= 4 is 16.9 Å². The maximum atomic E-state index is 10.7. The molecule has 1 heterocycles. The minimum atomic E-state index is 0.221. The van der Waals surface area contributed by atoms with Crippen LogP contribution in [-0.4, -0.2) is 10.9 Å². The molecular weight excluding hydrogens is 132 g/mol. The Bertz CT molecular complexity index is 157. The van der Waals surface area contributed by atoms with Gasteiger partial charge in [-0.15, -0.1) is 12.3 Å². The van der Waals surface area contributed by atoms with E-state index < -0.39 is 0 Å². The highest BCUT2D eigenvalue weighted by atomic mass is 32.2. The van der Waals surface area contributed by atoms with Gasteiger partial charge in [0.05, 0.1) is 0 Å². The second-order valence-electron chi connectivity index (χ2n) is 2.08. The van der Waals surface area contributed by atoms with Crippen molar-refractivity contribution in [2.45, 2.75) is 12.8 Å². The molecule has 1 atom stereocenters. The van der Waals surface area contributed by atoms with E-state index in [0.29, 0.717) is 6.42 Å². The van der Waals surface area contributed by atoms with Crippen LogP contribution in [-0.2, 0) is 4.79 Å². The predicted molar refractivity (Wildman–Crippen MR) is 39.0 cm³/mol. The molecule has 0 aromatic carbocycles. The second-order valence-corrected chi connectivity index (χ2v) is 3.23. The summed E-state index contributed by atoms with van der Waals surface area (Å²) in [4.78, 5) is 10.7. The van der Waals surface area contributed by atoms with Crippen LogP contribution in [0, 0.1) is 18.3 Å². The van der Waals surface area contributed by atoms with Crippen LogP contribution in [0.1, 0.15) is 12.8 Å².